The lowest BCUT2D eigenvalue weighted by Gasteiger charge is -2.31. The number of nitrogens with one attached hydrogen (secondary N) is 1. The molecule has 1 aliphatic rings. The summed E-state index contributed by atoms with van der Waals surface area (Å²) in [4.78, 5) is 27.6. The molecule has 0 saturated carbocycles. The van der Waals surface area contributed by atoms with Crippen LogP contribution in [0.15, 0.2) is 30.3 Å². The fourth-order valence-electron chi connectivity index (χ4n) is 3.11. The minimum atomic E-state index is -0.493. The van der Waals surface area contributed by atoms with Crippen LogP contribution in [0.1, 0.15) is 40.5 Å². The number of hydrogen-bond acceptors (Lipinski definition) is 2. The van der Waals surface area contributed by atoms with Crippen molar-refractivity contribution >= 4 is 63.9 Å². The molecule has 4 nitrogen and oxygen atoms in total. The number of rotatable bonds is 3. The van der Waals surface area contributed by atoms with E-state index in [4.69, 9.17) is 46.4 Å². The Morgan fingerprint density at radius 2 is 1.57 bits per heavy atom. The Morgan fingerprint density at radius 1 is 0.929 bits per heavy atom. The van der Waals surface area contributed by atoms with E-state index >= 15 is 0 Å². The van der Waals surface area contributed by atoms with Crippen LogP contribution < -0.4 is 5.32 Å². The van der Waals surface area contributed by atoms with E-state index in [-0.39, 0.29) is 32.8 Å². The average molecular weight is 460 g/mol. The van der Waals surface area contributed by atoms with Crippen molar-refractivity contribution < 1.29 is 9.59 Å². The Hall–Kier alpha value is -1.46. The third-order valence-electron chi connectivity index (χ3n) is 4.77. The zero-order valence-corrected chi connectivity index (χ0v) is 18.1. The largest absolute Gasteiger partial charge is 0.339 e. The van der Waals surface area contributed by atoms with Crippen molar-refractivity contribution in [1.29, 1.82) is 0 Å². The monoisotopic (exact) mass is 458 g/mol. The van der Waals surface area contributed by atoms with Gasteiger partial charge in [-0.25, -0.2) is 0 Å². The zero-order valence-electron chi connectivity index (χ0n) is 15.1. The number of amides is 2. The van der Waals surface area contributed by atoms with Gasteiger partial charge in [-0.1, -0.05) is 53.3 Å². The molecule has 1 fully saturated rings. The Kier molecular flexibility index (Phi) is 6.77. The van der Waals surface area contributed by atoms with Crippen LogP contribution in [0.4, 0.5) is 5.69 Å². The fourth-order valence-corrected chi connectivity index (χ4v) is 4.14. The number of anilines is 1. The third-order valence-corrected chi connectivity index (χ3v) is 5.83. The van der Waals surface area contributed by atoms with Gasteiger partial charge in [-0.15, -0.1) is 0 Å². The standard InChI is InChI=1S/C20H18Cl4N2O2/c1-11-4-6-26(7-5-11)20(28)15-8-13(22)10-17(24)18(15)25-19(27)14-3-2-12(21)9-16(14)23/h2-3,8-11H,4-7H2,1H3,(H,25,27). The highest BCUT2D eigenvalue weighted by Gasteiger charge is 2.26. The Labute approximate surface area is 183 Å². The Bertz CT molecular complexity index is 925. The lowest BCUT2D eigenvalue weighted by Crippen LogP contribution is -2.38. The first-order chi connectivity index (χ1) is 13.3. The van der Waals surface area contributed by atoms with Gasteiger partial charge in [0, 0.05) is 23.1 Å². The molecule has 2 aromatic rings. The van der Waals surface area contributed by atoms with E-state index in [0.29, 0.717) is 29.1 Å². The fraction of sp³-hybridized carbons (Fsp3) is 0.300. The molecule has 2 aromatic carbocycles. The first-order valence-electron chi connectivity index (χ1n) is 8.81. The van der Waals surface area contributed by atoms with Gasteiger partial charge < -0.3 is 10.2 Å². The van der Waals surface area contributed by atoms with E-state index in [9.17, 15) is 9.59 Å². The molecule has 3 rings (SSSR count). The molecule has 0 bridgehead atoms. The van der Waals surface area contributed by atoms with Crippen LogP contribution in [-0.2, 0) is 0 Å². The van der Waals surface area contributed by atoms with E-state index < -0.39 is 5.91 Å². The van der Waals surface area contributed by atoms with E-state index in [1.807, 2.05) is 0 Å². The van der Waals surface area contributed by atoms with Crippen LogP contribution in [0.25, 0.3) is 0 Å². The van der Waals surface area contributed by atoms with Crippen molar-refractivity contribution in [3.05, 3.63) is 61.5 Å². The highest BCUT2D eigenvalue weighted by molar-refractivity contribution is 6.39. The van der Waals surface area contributed by atoms with Gasteiger partial charge >= 0.3 is 0 Å². The van der Waals surface area contributed by atoms with Gasteiger partial charge in [-0.05, 0) is 49.1 Å². The van der Waals surface area contributed by atoms with Gasteiger partial charge in [0.25, 0.3) is 11.8 Å². The smallest absolute Gasteiger partial charge is 0.257 e. The number of hydrogen-bond donors (Lipinski definition) is 1. The number of piperidine rings is 1. The second-order valence-electron chi connectivity index (χ2n) is 6.86. The molecule has 1 aliphatic heterocycles. The minimum absolute atomic E-state index is 0.180. The van der Waals surface area contributed by atoms with Crippen LogP contribution in [-0.4, -0.2) is 29.8 Å². The van der Waals surface area contributed by atoms with Crippen molar-refractivity contribution in [3.8, 4) is 0 Å². The molecule has 148 valence electrons. The number of benzene rings is 2. The molecule has 0 radical (unpaired) electrons. The Balaban J connectivity index is 1.92. The predicted molar refractivity (Wildman–Crippen MR) is 115 cm³/mol. The lowest BCUT2D eigenvalue weighted by atomic mass is 9.98. The summed E-state index contributed by atoms with van der Waals surface area (Å²) in [5.41, 5.74) is 0.693. The predicted octanol–water partition coefficient (Wildman–Crippen LogP) is 6.42. The quantitative estimate of drug-likeness (QED) is 0.575. The first kappa shape index (κ1) is 21.3. The Morgan fingerprint density at radius 3 is 2.21 bits per heavy atom. The van der Waals surface area contributed by atoms with Gasteiger partial charge in [0.2, 0.25) is 0 Å². The number of carbonyl (C=O) groups excluding carboxylic acids is 2. The minimum Gasteiger partial charge on any atom is -0.339 e. The van der Waals surface area contributed by atoms with E-state index in [2.05, 4.69) is 12.2 Å². The molecule has 0 atom stereocenters. The number of carbonyl (C=O) groups is 2. The van der Waals surface area contributed by atoms with Gasteiger partial charge in [-0.3, -0.25) is 9.59 Å². The van der Waals surface area contributed by atoms with Crippen molar-refractivity contribution in [2.75, 3.05) is 18.4 Å². The van der Waals surface area contributed by atoms with Crippen molar-refractivity contribution in [2.24, 2.45) is 5.92 Å². The summed E-state index contributed by atoms with van der Waals surface area (Å²) in [7, 11) is 0. The number of nitrogens with zero attached hydrogens (tertiary/aromatic N) is 1. The van der Waals surface area contributed by atoms with E-state index in [1.54, 1.807) is 11.0 Å². The summed E-state index contributed by atoms with van der Waals surface area (Å²) < 4.78 is 0. The summed E-state index contributed by atoms with van der Waals surface area (Å²) in [6.45, 7) is 3.47. The van der Waals surface area contributed by atoms with Crippen LogP contribution >= 0.6 is 46.4 Å². The number of likely N-dealkylation sites (tertiary alicyclic amines) is 1. The first-order valence-corrected chi connectivity index (χ1v) is 10.3. The second kappa shape index (κ2) is 8.91. The molecular formula is C20H18Cl4N2O2. The van der Waals surface area contributed by atoms with E-state index in [0.717, 1.165) is 12.8 Å². The molecule has 0 spiro atoms. The summed E-state index contributed by atoms with van der Waals surface area (Å²) in [6, 6.07) is 7.55. The molecule has 2 amide bonds. The molecule has 1 saturated heterocycles. The highest BCUT2D eigenvalue weighted by atomic mass is 35.5. The van der Waals surface area contributed by atoms with Crippen LogP contribution in [0, 0.1) is 5.92 Å². The topological polar surface area (TPSA) is 49.4 Å². The SMILES string of the molecule is CC1CCN(C(=O)c2cc(Cl)cc(Cl)c2NC(=O)c2ccc(Cl)cc2Cl)CC1. The summed E-state index contributed by atoms with van der Waals surface area (Å²) in [5, 5.41) is 3.83. The van der Waals surface area contributed by atoms with Crippen LogP contribution in [0.2, 0.25) is 20.1 Å². The molecule has 28 heavy (non-hydrogen) atoms. The second-order valence-corrected chi connectivity index (χ2v) is 8.55. The van der Waals surface area contributed by atoms with E-state index in [1.165, 1.54) is 24.3 Å². The number of halogens is 4. The highest BCUT2D eigenvalue weighted by Crippen LogP contribution is 2.33. The van der Waals surface area contributed by atoms with Gasteiger partial charge in [0.1, 0.15) is 0 Å². The average Bonchev–Trinajstić information content (AvgIpc) is 2.63. The molecule has 8 heteroatoms. The van der Waals surface area contributed by atoms with Gasteiger partial charge in [0.05, 0.1) is 26.9 Å². The lowest BCUT2D eigenvalue weighted by molar-refractivity contribution is 0.0698. The maximum Gasteiger partial charge on any atom is 0.257 e. The van der Waals surface area contributed by atoms with Crippen molar-refractivity contribution in [3.63, 3.8) is 0 Å². The molecule has 1 N–H and O–H groups in total. The van der Waals surface area contributed by atoms with Crippen LogP contribution in [0.3, 0.4) is 0 Å². The summed E-state index contributed by atoms with van der Waals surface area (Å²) >= 11 is 24.4. The van der Waals surface area contributed by atoms with Crippen molar-refractivity contribution in [2.45, 2.75) is 19.8 Å². The zero-order chi connectivity index (χ0) is 20.4. The summed E-state index contributed by atoms with van der Waals surface area (Å²) in [5.74, 6) is -0.126. The van der Waals surface area contributed by atoms with Gasteiger partial charge in [-0.2, -0.15) is 0 Å². The maximum absolute atomic E-state index is 13.1. The molecule has 0 unspecified atom stereocenters. The molecule has 0 aliphatic carbocycles. The third kappa shape index (κ3) is 4.74. The molecule has 1 heterocycles. The van der Waals surface area contributed by atoms with Crippen molar-refractivity contribution in [1.82, 2.24) is 4.90 Å². The normalized spacial score (nSPS) is 14.8. The summed E-state index contributed by atoms with van der Waals surface area (Å²) in [6.07, 6.45) is 1.87. The van der Waals surface area contributed by atoms with Gasteiger partial charge in [0.15, 0.2) is 0 Å². The molecule has 0 aromatic heterocycles. The molecular weight excluding hydrogens is 442 g/mol. The van der Waals surface area contributed by atoms with Crippen LogP contribution in [0.5, 0.6) is 0 Å². The maximum atomic E-state index is 13.1.